The predicted molar refractivity (Wildman–Crippen MR) is 162 cm³/mol. The number of amides is 4. The topological polar surface area (TPSA) is 98.8 Å². The molecule has 0 atom stereocenters. The van der Waals surface area contributed by atoms with Crippen molar-refractivity contribution in [1.29, 1.82) is 0 Å². The zero-order valence-corrected chi connectivity index (χ0v) is 24.5. The smallest absolute Gasteiger partial charge is 0.253 e. The molecule has 0 saturated heterocycles. The van der Waals surface area contributed by atoms with E-state index in [2.05, 4.69) is 10.6 Å². The number of para-hydroxylation sites is 2. The molecule has 0 bridgehead atoms. The van der Waals surface area contributed by atoms with Crippen LogP contribution in [0, 0.1) is 0 Å². The van der Waals surface area contributed by atoms with Crippen LogP contribution in [0.5, 0.6) is 0 Å². The highest BCUT2D eigenvalue weighted by molar-refractivity contribution is 6.06. The maximum absolute atomic E-state index is 13.1. The molecule has 0 aliphatic heterocycles. The summed E-state index contributed by atoms with van der Waals surface area (Å²) >= 11 is 0. The molecule has 0 spiro atoms. The first-order valence-electron chi connectivity index (χ1n) is 15.2. The second kappa shape index (κ2) is 14.8. The highest BCUT2D eigenvalue weighted by atomic mass is 16.2. The Labute approximate surface area is 243 Å². The lowest BCUT2D eigenvalue weighted by Crippen LogP contribution is -2.37. The summed E-state index contributed by atoms with van der Waals surface area (Å²) in [5.74, 6) is -0.637. The lowest BCUT2D eigenvalue weighted by atomic mass is 9.95. The quantitative estimate of drug-likeness (QED) is 0.395. The Morgan fingerprint density at radius 3 is 1.37 bits per heavy atom. The average molecular weight is 561 g/mol. The molecule has 8 heteroatoms. The van der Waals surface area contributed by atoms with Crippen LogP contribution in [0.4, 0.5) is 11.4 Å². The fraction of sp³-hybridized carbons (Fsp3) is 0.515. The van der Waals surface area contributed by atoms with E-state index in [1.54, 1.807) is 50.5 Å². The zero-order chi connectivity index (χ0) is 29.2. The maximum atomic E-state index is 13.1. The molecule has 0 unspecified atom stereocenters. The van der Waals surface area contributed by atoms with E-state index in [-0.39, 0.29) is 48.6 Å². The molecule has 2 fully saturated rings. The van der Waals surface area contributed by atoms with Crippen molar-refractivity contribution in [3.8, 4) is 0 Å². The highest BCUT2D eigenvalue weighted by Gasteiger charge is 2.24. The molecule has 2 saturated carbocycles. The summed E-state index contributed by atoms with van der Waals surface area (Å²) in [5.41, 5.74) is 2.08. The van der Waals surface area contributed by atoms with Gasteiger partial charge < -0.3 is 20.4 Å². The molecule has 4 amide bonds. The molecule has 2 aromatic carbocycles. The van der Waals surface area contributed by atoms with Crippen LogP contribution in [0.2, 0.25) is 0 Å². The summed E-state index contributed by atoms with van der Waals surface area (Å²) in [7, 11) is 3.34. The van der Waals surface area contributed by atoms with Crippen LogP contribution in [-0.4, -0.2) is 49.8 Å². The Bertz CT molecular complexity index is 1120. The van der Waals surface area contributed by atoms with Crippen molar-refractivity contribution in [3.63, 3.8) is 0 Å². The Balaban J connectivity index is 1.31. The van der Waals surface area contributed by atoms with Crippen LogP contribution in [0.25, 0.3) is 0 Å². The number of anilines is 2. The van der Waals surface area contributed by atoms with Gasteiger partial charge in [-0.1, -0.05) is 62.8 Å². The lowest BCUT2D eigenvalue weighted by Gasteiger charge is -2.25. The van der Waals surface area contributed by atoms with E-state index < -0.39 is 0 Å². The molecule has 8 nitrogen and oxygen atoms in total. The molecule has 2 aromatic rings. The van der Waals surface area contributed by atoms with Crippen molar-refractivity contribution in [2.24, 2.45) is 0 Å². The number of hydrogen-bond donors (Lipinski definition) is 2. The van der Waals surface area contributed by atoms with E-state index in [9.17, 15) is 19.2 Å². The normalized spacial score (nSPS) is 16.0. The highest BCUT2D eigenvalue weighted by Crippen LogP contribution is 2.25. The van der Waals surface area contributed by atoms with Crippen LogP contribution < -0.4 is 20.4 Å². The average Bonchev–Trinajstić information content (AvgIpc) is 3.01. The molecule has 0 heterocycles. The summed E-state index contributed by atoms with van der Waals surface area (Å²) in [6.07, 6.45) is 11.5. The van der Waals surface area contributed by atoms with E-state index in [1.165, 1.54) is 22.6 Å². The largest absolute Gasteiger partial charge is 0.349 e. The van der Waals surface area contributed by atoms with E-state index in [1.807, 2.05) is 12.1 Å². The van der Waals surface area contributed by atoms with Crippen LogP contribution in [0.15, 0.2) is 48.5 Å². The first-order chi connectivity index (χ1) is 19.8. The maximum Gasteiger partial charge on any atom is 0.253 e. The van der Waals surface area contributed by atoms with Gasteiger partial charge in [-0.25, -0.2) is 0 Å². The molecular formula is C33H44N4O4. The number of nitrogens with zero attached hydrogens (tertiary/aromatic N) is 2. The molecule has 2 aliphatic carbocycles. The molecule has 2 N–H and O–H groups in total. The summed E-state index contributed by atoms with van der Waals surface area (Å²) in [5, 5.41) is 6.27. The minimum Gasteiger partial charge on any atom is -0.349 e. The van der Waals surface area contributed by atoms with Crippen molar-refractivity contribution in [2.75, 3.05) is 23.9 Å². The number of nitrogens with one attached hydrogen (secondary N) is 2. The van der Waals surface area contributed by atoms with Gasteiger partial charge in [0.15, 0.2) is 0 Å². The van der Waals surface area contributed by atoms with E-state index in [0.717, 1.165) is 51.4 Å². The van der Waals surface area contributed by atoms with Crippen molar-refractivity contribution < 1.29 is 19.2 Å². The van der Waals surface area contributed by atoms with Gasteiger partial charge in [-0.05, 0) is 56.4 Å². The van der Waals surface area contributed by atoms with E-state index >= 15 is 0 Å². The standard InChI is InChI=1S/C33H44N4O4/c1-36(28-20-11-9-18-26(28)32(40)34-24-14-5-3-6-15-24)30(38)22-13-23-31(39)37(2)29-21-12-10-19-27(29)33(41)35-25-16-7-4-8-17-25/h9-12,18-21,24-25H,3-8,13-17,22-23H2,1-2H3,(H,34,40)(H,35,41). The third-order valence-electron chi connectivity index (χ3n) is 8.43. The Morgan fingerprint density at radius 1 is 0.610 bits per heavy atom. The lowest BCUT2D eigenvalue weighted by molar-refractivity contribution is -0.119. The number of rotatable bonds is 10. The van der Waals surface area contributed by atoms with Gasteiger partial charge in [0.25, 0.3) is 11.8 Å². The fourth-order valence-electron chi connectivity index (χ4n) is 5.93. The third-order valence-corrected chi connectivity index (χ3v) is 8.43. The molecule has 220 valence electrons. The minimum atomic E-state index is -0.161. The van der Waals surface area contributed by atoms with Crippen LogP contribution >= 0.6 is 0 Å². The SMILES string of the molecule is CN(C(=O)CCCC(=O)N(C)c1ccccc1C(=O)NC1CCCCC1)c1ccccc1C(=O)NC1CCCCC1. The van der Waals surface area contributed by atoms with Gasteiger partial charge in [0.05, 0.1) is 22.5 Å². The Morgan fingerprint density at radius 2 is 0.976 bits per heavy atom. The first kappa shape index (κ1) is 30.3. The predicted octanol–water partition coefficient (Wildman–Crippen LogP) is 5.61. The second-order valence-electron chi connectivity index (χ2n) is 11.4. The molecule has 0 aromatic heterocycles. The minimum absolute atomic E-state index is 0.157. The van der Waals surface area contributed by atoms with Crippen molar-refractivity contribution in [1.82, 2.24) is 10.6 Å². The van der Waals surface area contributed by atoms with Crippen LogP contribution in [-0.2, 0) is 9.59 Å². The van der Waals surface area contributed by atoms with E-state index in [0.29, 0.717) is 28.9 Å². The van der Waals surface area contributed by atoms with Gasteiger partial charge in [-0.3, -0.25) is 19.2 Å². The molecule has 0 radical (unpaired) electrons. The Kier molecular flexibility index (Phi) is 10.9. The molecule has 4 rings (SSSR count). The van der Waals surface area contributed by atoms with Gasteiger partial charge >= 0.3 is 0 Å². The number of hydrogen-bond acceptors (Lipinski definition) is 4. The van der Waals surface area contributed by atoms with Crippen molar-refractivity contribution in [2.45, 2.75) is 95.6 Å². The number of carbonyl (C=O) groups is 4. The number of benzene rings is 2. The number of carbonyl (C=O) groups excluding carboxylic acids is 4. The fourth-order valence-corrected chi connectivity index (χ4v) is 5.93. The zero-order valence-electron chi connectivity index (χ0n) is 24.5. The monoisotopic (exact) mass is 560 g/mol. The summed E-state index contributed by atoms with van der Waals surface area (Å²) < 4.78 is 0. The van der Waals surface area contributed by atoms with Crippen molar-refractivity contribution >= 4 is 35.0 Å². The van der Waals surface area contributed by atoms with Gasteiger partial charge in [0.2, 0.25) is 11.8 Å². The van der Waals surface area contributed by atoms with Crippen LogP contribution in [0.3, 0.4) is 0 Å². The van der Waals surface area contributed by atoms with Gasteiger partial charge in [0, 0.05) is 39.0 Å². The van der Waals surface area contributed by atoms with Crippen molar-refractivity contribution in [3.05, 3.63) is 59.7 Å². The molecule has 2 aliphatic rings. The van der Waals surface area contributed by atoms with Crippen LogP contribution in [0.1, 0.15) is 104 Å². The van der Waals surface area contributed by atoms with Gasteiger partial charge in [-0.2, -0.15) is 0 Å². The second-order valence-corrected chi connectivity index (χ2v) is 11.4. The van der Waals surface area contributed by atoms with Gasteiger partial charge in [-0.15, -0.1) is 0 Å². The van der Waals surface area contributed by atoms with E-state index in [4.69, 9.17) is 0 Å². The summed E-state index contributed by atoms with van der Waals surface area (Å²) in [6, 6.07) is 14.7. The summed E-state index contributed by atoms with van der Waals surface area (Å²) in [6.45, 7) is 0. The third kappa shape index (κ3) is 8.18. The van der Waals surface area contributed by atoms with Gasteiger partial charge in [0.1, 0.15) is 0 Å². The first-order valence-corrected chi connectivity index (χ1v) is 15.2. The Hall–Kier alpha value is -3.68. The summed E-state index contributed by atoms with van der Waals surface area (Å²) in [4.78, 5) is 55.2. The molecule has 41 heavy (non-hydrogen) atoms. The molecular weight excluding hydrogens is 516 g/mol.